The number of rotatable bonds is 3. The minimum absolute atomic E-state index is 0.00881. The lowest BCUT2D eigenvalue weighted by Gasteiger charge is -2.34. The van der Waals surface area contributed by atoms with Crippen molar-refractivity contribution in [3.8, 4) is 0 Å². The molecule has 1 aliphatic heterocycles. The normalized spacial score (nSPS) is 16.8. The van der Waals surface area contributed by atoms with Gasteiger partial charge in [-0.25, -0.2) is 4.39 Å². The molecule has 4 nitrogen and oxygen atoms in total. The molecule has 0 radical (unpaired) electrons. The van der Waals surface area contributed by atoms with Gasteiger partial charge in [-0.05, 0) is 42.7 Å². The maximum absolute atomic E-state index is 13.6. The number of nitrogens with one attached hydrogen (secondary N) is 1. The molecule has 1 aliphatic rings. The molecular formula is C18H20FN3O. The van der Waals surface area contributed by atoms with Gasteiger partial charge in [-0.15, -0.1) is 0 Å². The second-order valence-electron chi connectivity index (χ2n) is 5.99. The predicted molar refractivity (Wildman–Crippen MR) is 90.1 cm³/mol. The Morgan fingerprint density at radius 1 is 1.35 bits per heavy atom. The van der Waals surface area contributed by atoms with E-state index in [1.54, 1.807) is 19.1 Å². The zero-order chi connectivity index (χ0) is 16.4. The lowest BCUT2D eigenvalue weighted by Crippen LogP contribution is -2.46. The molecule has 1 unspecified atom stereocenters. The number of nitrogens with two attached hydrogens (primary N) is 1. The van der Waals surface area contributed by atoms with Crippen LogP contribution in [0.15, 0.2) is 42.5 Å². The summed E-state index contributed by atoms with van der Waals surface area (Å²) in [7, 11) is 0. The Balaban J connectivity index is 1.71. The van der Waals surface area contributed by atoms with Gasteiger partial charge in [0.1, 0.15) is 5.82 Å². The van der Waals surface area contributed by atoms with Crippen molar-refractivity contribution >= 4 is 17.3 Å². The zero-order valence-corrected chi connectivity index (χ0v) is 13.1. The minimum Gasteiger partial charge on any atom is -0.360 e. The van der Waals surface area contributed by atoms with Crippen molar-refractivity contribution in [2.45, 2.75) is 19.4 Å². The van der Waals surface area contributed by atoms with Crippen molar-refractivity contribution in [3.05, 3.63) is 59.4 Å². The Hall–Kier alpha value is -2.40. The van der Waals surface area contributed by atoms with Crippen LogP contribution >= 0.6 is 0 Å². The van der Waals surface area contributed by atoms with Crippen LogP contribution in [0.1, 0.15) is 11.1 Å². The summed E-state index contributed by atoms with van der Waals surface area (Å²) < 4.78 is 13.6. The average molecular weight is 313 g/mol. The zero-order valence-electron chi connectivity index (χ0n) is 13.1. The smallest absolute Gasteiger partial charge is 0.243 e. The van der Waals surface area contributed by atoms with E-state index in [9.17, 15) is 9.18 Å². The maximum atomic E-state index is 13.6. The number of fused-ring (bicyclic) bond motifs is 1. The van der Waals surface area contributed by atoms with Crippen LogP contribution < -0.4 is 16.0 Å². The first-order valence-electron chi connectivity index (χ1n) is 7.67. The van der Waals surface area contributed by atoms with Crippen molar-refractivity contribution in [1.29, 1.82) is 0 Å². The molecule has 3 rings (SSSR count). The van der Waals surface area contributed by atoms with Crippen LogP contribution in [-0.4, -0.2) is 25.0 Å². The largest absolute Gasteiger partial charge is 0.360 e. The first kappa shape index (κ1) is 15.5. The van der Waals surface area contributed by atoms with Crippen LogP contribution in [0.25, 0.3) is 0 Å². The number of carbonyl (C=O) groups is 1. The molecule has 1 heterocycles. The van der Waals surface area contributed by atoms with Gasteiger partial charge < -0.3 is 16.0 Å². The van der Waals surface area contributed by atoms with E-state index in [2.05, 4.69) is 5.32 Å². The molecule has 5 heteroatoms. The Labute approximate surface area is 135 Å². The van der Waals surface area contributed by atoms with E-state index in [1.165, 1.54) is 6.07 Å². The van der Waals surface area contributed by atoms with Crippen LogP contribution in [0.4, 0.5) is 15.8 Å². The summed E-state index contributed by atoms with van der Waals surface area (Å²) in [5.74, 6) is -0.509. The number of para-hydroxylation sites is 1. The van der Waals surface area contributed by atoms with E-state index in [0.29, 0.717) is 17.8 Å². The number of anilines is 2. The van der Waals surface area contributed by atoms with Crippen LogP contribution in [-0.2, 0) is 11.2 Å². The highest BCUT2D eigenvalue weighted by Crippen LogP contribution is 2.26. The van der Waals surface area contributed by atoms with E-state index in [1.807, 2.05) is 29.2 Å². The van der Waals surface area contributed by atoms with Gasteiger partial charge in [-0.1, -0.05) is 24.3 Å². The lowest BCUT2D eigenvalue weighted by molar-refractivity contribution is -0.115. The molecule has 0 saturated carbocycles. The third-order valence-corrected chi connectivity index (χ3v) is 4.06. The standard InChI is InChI=1S/C18H20FN3O/c1-12-6-7-15(9-16(12)19)21-18(23)11-22-10-14(20)8-13-4-2-3-5-17(13)22/h2-7,9,14H,8,10-11,20H2,1H3,(H,21,23). The summed E-state index contributed by atoms with van der Waals surface area (Å²) in [4.78, 5) is 14.3. The second kappa shape index (κ2) is 6.38. The summed E-state index contributed by atoms with van der Waals surface area (Å²) in [6.07, 6.45) is 0.817. The van der Waals surface area contributed by atoms with Gasteiger partial charge in [-0.3, -0.25) is 4.79 Å². The van der Waals surface area contributed by atoms with Gasteiger partial charge in [0, 0.05) is 24.0 Å². The summed E-state index contributed by atoms with van der Waals surface area (Å²) in [6, 6.07) is 12.7. The number of amides is 1. The Kier molecular flexibility index (Phi) is 4.30. The van der Waals surface area contributed by atoms with E-state index in [0.717, 1.165) is 17.7 Å². The Bertz CT molecular complexity index is 732. The van der Waals surface area contributed by atoms with Crippen LogP contribution in [0, 0.1) is 12.7 Å². The molecule has 1 amide bonds. The highest BCUT2D eigenvalue weighted by Gasteiger charge is 2.23. The second-order valence-corrected chi connectivity index (χ2v) is 5.99. The number of aryl methyl sites for hydroxylation is 1. The van der Waals surface area contributed by atoms with E-state index < -0.39 is 0 Å². The number of benzene rings is 2. The number of hydrogen-bond donors (Lipinski definition) is 2. The molecular weight excluding hydrogens is 293 g/mol. The summed E-state index contributed by atoms with van der Waals surface area (Å²) in [6.45, 7) is 2.51. The molecule has 3 N–H and O–H groups in total. The van der Waals surface area contributed by atoms with Gasteiger partial charge in [0.15, 0.2) is 0 Å². The summed E-state index contributed by atoms with van der Waals surface area (Å²) in [5, 5.41) is 2.74. The first-order chi connectivity index (χ1) is 11.0. The molecule has 0 fully saturated rings. The van der Waals surface area contributed by atoms with Gasteiger partial charge in [-0.2, -0.15) is 0 Å². The number of hydrogen-bond acceptors (Lipinski definition) is 3. The molecule has 0 bridgehead atoms. The molecule has 1 atom stereocenters. The van der Waals surface area contributed by atoms with Crippen LogP contribution in [0.2, 0.25) is 0 Å². The average Bonchev–Trinajstić information content (AvgIpc) is 2.51. The fourth-order valence-corrected chi connectivity index (χ4v) is 2.91. The van der Waals surface area contributed by atoms with Crippen molar-refractivity contribution < 1.29 is 9.18 Å². The summed E-state index contributed by atoms with van der Waals surface area (Å²) >= 11 is 0. The minimum atomic E-state index is -0.326. The van der Waals surface area contributed by atoms with E-state index in [-0.39, 0.29) is 24.3 Å². The topological polar surface area (TPSA) is 58.4 Å². The molecule has 23 heavy (non-hydrogen) atoms. The highest BCUT2D eigenvalue weighted by atomic mass is 19.1. The molecule has 120 valence electrons. The van der Waals surface area contributed by atoms with Crippen molar-refractivity contribution in [2.24, 2.45) is 5.73 Å². The van der Waals surface area contributed by atoms with Gasteiger partial charge in [0.2, 0.25) is 5.91 Å². The van der Waals surface area contributed by atoms with Gasteiger partial charge >= 0.3 is 0 Å². The molecule has 0 aliphatic carbocycles. The quantitative estimate of drug-likeness (QED) is 0.915. The Morgan fingerprint density at radius 3 is 2.91 bits per heavy atom. The fraction of sp³-hybridized carbons (Fsp3) is 0.278. The van der Waals surface area contributed by atoms with Crippen molar-refractivity contribution in [2.75, 3.05) is 23.3 Å². The number of carbonyl (C=O) groups excluding carboxylic acids is 1. The molecule has 2 aromatic rings. The molecule has 2 aromatic carbocycles. The molecule has 0 aromatic heterocycles. The van der Waals surface area contributed by atoms with Crippen molar-refractivity contribution in [1.82, 2.24) is 0 Å². The molecule has 0 saturated heterocycles. The molecule has 0 spiro atoms. The fourth-order valence-electron chi connectivity index (χ4n) is 2.91. The Morgan fingerprint density at radius 2 is 2.13 bits per heavy atom. The first-order valence-corrected chi connectivity index (χ1v) is 7.67. The maximum Gasteiger partial charge on any atom is 0.243 e. The van der Waals surface area contributed by atoms with Crippen LogP contribution in [0.5, 0.6) is 0 Å². The third kappa shape index (κ3) is 3.51. The number of halogens is 1. The SMILES string of the molecule is Cc1ccc(NC(=O)CN2CC(N)Cc3ccccc32)cc1F. The van der Waals surface area contributed by atoms with Gasteiger partial charge in [0.25, 0.3) is 0 Å². The lowest BCUT2D eigenvalue weighted by atomic mass is 9.98. The monoisotopic (exact) mass is 313 g/mol. The highest BCUT2D eigenvalue weighted by molar-refractivity contribution is 5.94. The van der Waals surface area contributed by atoms with E-state index >= 15 is 0 Å². The van der Waals surface area contributed by atoms with Crippen molar-refractivity contribution in [3.63, 3.8) is 0 Å². The summed E-state index contributed by atoms with van der Waals surface area (Å²) in [5.41, 5.74) is 9.30. The third-order valence-electron chi connectivity index (χ3n) is 4.06. The van der Waals surface area contributed by atoms with Gasteiger partial charge in [0.05, 0.1) is 6.54 Å². The van der Waals surface area contributed by atoms with E-state index in [4.69, 9.17) is 5.73 Å². The number of nitrogens with zero attached hydrogens (tertiary/aromatic N) is 1. The predicted octanol–water partition coefficient (Wildman–Crippen LogP) is 2.46. The van der Waals surface area contributed by atoms with Crippen LogP contribution in [0.3, 0.4) is 0 Å².